The maximum absolute atomic E-state index is 10.6. The minimum Gasteiger partial charge on any atom is -0.331 e. The molecular weight excluding hydrogens is 186 g/mol. The van der Waals surface area contributed by atoms with Gasteiger partial charge in [-0.25, -0.2) is 0 Å². The highest BCUT2D eigenvalue weighted by molar-refractivity contribution is 5.53. The van der Waals surface area contributed by atoms with Gasteiger partial charge in [-0.3, -0.25) is 0 Å². The van der Waals surface area contributed by atoms with Crippen molar-refractivity contribution in [2.45, 2.75) is 19.4 Å². The molecule has 0 saturated carbocycles. The molecule has 0 aromatic heterocycles. The van der Waals surface area contributed by atoms with E-state index in [1.165, 1.54) is 5.56 Å². The SMILES string of the molecule is O=CC1CC[NH+](Cc2ccccc2)CC1. The number of aldehydes is 1. The van der Waals surface area contributed by atoms with Gasteiger partial charge in [0, 0.05) is 24.3 Å². The van der Waals surface area contributed by atoms with Crippen LogP contribution in [0.25, 0.3) is 0 Å². The van der Waals surface area contributed by atoms with E-state index >= 15 is 0 Å². The Morgan fingerprint density at radius 1 is 1.20 bits per heavy atom. The number of nitrogens with one attached hydrogen (secondary N) is 1. The number of carbonyl (C=O) groups is 1. The number of quaternary nitrogens is 1. The van der Waals surface area contributed by atoms with Crippen LogP contribution < -0.4 is 4.90 Å². The lowest BCUT2D eigenvalue weighted by molar-refractivity contribution is -0.919. The lowest BCUT2D eigenvalue weighted by atomic mass is 9.98. The quantitative estimate of drug-likeness (QED) is 0.718. The molecule has 0 radical (unpaired) electrons. The zero-order valence-electron chi connectivity index (χ0n) is 8.99. The Morgan fingerprint density at radius 2 is 1.87 bits per heavy atom. The van der Waals surface area contributed by atoms with E-state index in [4.69, 9.17) is 0 Å². The second kappa shape index (κ2) is 5.08. The second-order valence-electron chi connectivity index (χ2n) is 4.39. The Morgan fingerprint density at radius 3 is 2.47 bits per heavy atom. The number of likely N-dealkylation sites (tertiary alicyclic amines) is 1. The van der Waals surface area contributed by atoms with E-state index in [0.717, 1.165) is 38.8 Å². The zero-order valence-corrected chi connectivity index (χ0v) is 8.99. The summed E-state index contributed by atoms with van der Waals surface area (Å²) in [5.74, 6) is 0.324. The lowest BCUT2D eigenvalue weighted by Crippen LogP contribution is -3.11. The number of rotatable bonds is 3. The molecule has 1 aromatic rings. The Labute approximate surface area is 90.9 Å². The first-order chi connectivity index (χ1) is 7.38. The van der Waals surface area contributed by atoms with E-state index in [2.05, 4.69) is 30.3 Å². The fourth-order valence-electron chi connectivity index (χ4n) is 2.25. The first-order valence-electron chi connectivity index (χ1n) is 5.71. The average Bonchev–Trinajstić information content (AvgIpc) is 2.31. The van der Waals surface area contributed by atoms with Gasteiger partial charge in [0.15, 0.2) is 0 Å². The number of hydrogen-bond donors (Lipinski definition) is 1. The van der Waals surface area contributed by atoms with Crippen LogP contribution in [0.1, 0.15) is 18.4 Å². The summed E-state index contributed by atoms with van der Waals surface area (Å²) < 4.78 is 0. The topological polar surface area (TPSA) is 21.5 Å². The third-order valence-electron chi connectivity index (χ3n) is 3.23. The van der Waals surface area contributed by atoms with Crippen LogP contribution in [-0.4, -0.2) is 19.4 Å². The molecule has 1 aliphatic heterocycles. The van der Waals surface area contributed by atoms with Crippen LogP contribution in [0.2, 0.25) is 0 Å². The zero-order chi connectivity index (χ0) is 10.5. The fourth-order valence-corrected chi connectivity index (χ4v) is 2.25. The summed E-state index contributed by atoms with van der Waals surface area (Å²) >= 11 is 0. The highest BCUT2D eigenvalue weighted by Gasteiger charge is 2.21. The summed E-state index contributed by atoms with van der Waals surface area (Å²) in [5, 5.41) is 0. The van der Waals surface area contributed by atoms with Crippen molar-refractivity contribution in [2.24, 2.45) is 5.92 Å². The molecule has 0 spiro atoms. The molecule has 1 aromatic carbocycles. The molecule has 2 nitrogen and oxygen atoms in total. The summed E-state index contributed by atoms with van der Waals surface area (Å²) in [6, 6.07) is 10.6. The smallest absolute Gasteiger partial charge is 0.123 e. The van der Waals surface area contributed by atoms with Crippen molar-refractivity contribution in [1.29, 1.82) is 0 Å². The molecule has 15 heavy (non-hydrogen) atoms. The first-order valence-corrected chi connectivity index (χ1v) is 5.71. The maximum atomic E-state index is 10.6. The van der Waals surface area contributed by atoms with Crippen molar-refractivity contribution in [1.82, 2.24) is 0 Å². The first kappa shape index (κ1) is 10.4. The van der Waals surface area contributed by atoms with Gasteiger partial charge in [0.2, 0.25) is 0 Å². The van der Waals surface area contributed by atoms with Gasteiger partial charge < -0.3 is 9.69 Å². The van der Waals surface area contributed by atoms with Crippen LogP contribution in [0.3, 0.4) is 0 Å². The molecule has 1 saturated heterocycles. The van der Waals surface area contributed by atoms with Gasteiger partial charge in [-0.05, 0) is 0 Å². The number of carbonyl (C=O) groups excluding carboxylic acids is 1. The van der Waals surface area contributed by atoms with Crippen LogP contribution in [0.15, 0.2) is 30.3 Å². The van der Waals surface area contributed by atoms with E-state index in [1.807, 2.05) is 0 Å². The molecule has 2 rings (SSSR count). The standard InChI is InChI=1S/C13H17NO/c15-11-13-6-8-14(9-7-13)10-12-4-2-1-3-5-12/h1-5,11,13H,6-10H2/p+1. The van der Waals surface area contributed by atoms with E-state index < -0.39 is 0 Å². The molecule has 80 valence electrons. The third-order valence-corrected chi connectivity index (χ3v) is 3.23. The van der Waals surface area contributed by atoms with Crippen molar-refractivity contribution >= 4 is 6.29 Å². The van der Waals surface area contributed by atoms with Gasteiger partial charge >= 0.3 is 0 Å². The van der Waals surface area contributed by atoms with Crippen LogP contribution in [-0.2, 0) is 11.3 Å². The Kier molecular flexibility index (Phi) is 3.51. The summed E-state index contributed by atoms with van der Waals surface area (Å²) in [4.78, 5) is 12.2. The van der Waals surface area contributed by atoms with Gasteiger partial charge in [0.1, 0.15) is 12.8 Å². The predicted molar refractivity (Wildman–Crippen MR) is 59.6 cm³/mol. The number of piperidine rings is 1. The molecule has 1 aliphatic rings. The van der Waals surface area contributed by atoms with Crippen LogP contribution in [0, 0.1) is 5.92 Å². The molecule has 0 atom stereocenters. The van der Waals surface area contributed by atoms with E-state index in [-0.39, 0.29) is 0 Å². The summed E-state index contributed by atoms with van der Waals surface area (Å²) in [6.45, 7) is 3.38. The van der Waals surface area contributed by atoms with Crippen molar-refractivity contribution in [3.8, 4) is 0 Å². The number of hydrogen-bond acceptors (Lipinski definition) is 1. The molecule has 0 aliphatic carbocycles. The molecule has 1 heterocycles. The Hall–Kier alpha value is -1.15. The van der Waals surface area contributed by atoms with Gasteiger partial charge in [0.05, 0.1) is 13.1 Å². The van der Waals surface area contributed by atoms with Gasteiger partial charge in [0.25, 0.3) is 0 Å². The van der Waals surface area contributed by atoms with Gasteiger partial charge in [-0.15, -0.1) is 0 Å². The number of benzene rings is 1. The lowest BCUT2D eigenvalue weighted by Gasteiger charge is -2.26. The molecule has 0 amide bonds. The highest BCUT2D eigenvalue weighted by atomic mass is 16.1. The Balaban J connectivity index is 1.85. The molecule has 1 fully saturated rings. The van der Waals surface area contributed by atoms with E-state index in [0.29, 0.717) is 5.92 Å². The minimum absolute atomic E-state index is 0.324. The molecule has 2 heteroatoms. The molecule has 1 N–H and O–H groups in total. The van der Waals surface area contributed by atoms with E-state index in [1.54, 1.807) is 4.90 Å². The largest absolute Gasteiger partial charge is 0.331 e. The highest BCUT2D eigenvalue weighted by Crippen LogP contribution is 2.06. The molecule has 0 unspecified atom stereocenters. The Bertz CT molecular complexity index is 302. The van der Waals surface area contributed by atoms with Crippen LogP contribution in [0.5, 0.6) is 0 Å². The summed E-state index contributed by atoms with van der Waals surface area (Å²) in [5.41, 5.74) is 1.40. The fraction of sp³-hybridized carbons (Fsp3) is 0.462. The summed E-state index contributed by atoms with van der Waals surface area (Å²) in [6.07, 6.45) is 3.25. The third kappa shape index (κ3) is 2.90. The molecule has 0 bridgehead atoms. The average molecular weight is 204 g/mol. The molecular formula is C13H18NO+. The van der Waals surface area contributed by atoms with Crippen molar-refractivity contribution in [3.05, 3.63) is 35.9 Å². The van der Waals surface area contributed by atoms with Crippen molar-refractivity contribution in [3.63, 3.8) is 0 Å². The van der Waals surface area contributed by atoms with Gasteiger partial charge in [-0.1, -0.05) is 30.3 Å². The summed E-state index contributed by atoms with van der Waals surface area (Å²) in [7, 11) is 0. The maximum Gasteiger partial charge on any atom is 0.123 e. The van der Waals surface area contributed by atoms with Gasteiger partial charge in [-0.2, -0.15) is 0 Å². The normalized spacial score (nSPS) is 26.1. The van der Waals surface area contributed by atoms with Crippen molar-refractivity contribution in [2.75, 3.05) is 13.1 Å². The van der Waals surface area contributed by atoms with Crippen LogP contribution in [0.4, 0.5) is 0 Å². The van der Waals surface area contributed by atoms with E-state index in [9.17, 15) is 4.79 Å². The second-order valence-corrected chi connectivity index (χ2v) is 4.39. The van der Waals surface area contributed by atoms with Crippen molar-refractivity contribution < 1.29 is 9.69 Å². The van der Waals surface area contributed by atoms with Crippen LogP contribution >= 0.6 is 0 Å². The monoisotopic (exact) mass is 204 g/mol. The minimum atomic E-state index is 0.324. The predicted octanol–water partition coefficient (Wildman–Crippen LogP) is 0.680.